The van der Waals surface area contributed by atoms with Gasteiger partial charge in [-0.1, -0.05) is 0 Å². The van der Waals surface area contributed by atoms with Gasteiger partial charge in [-0.05, 0) is 6.92 Å². The molecule has 2 unspecified atom stereocenters. The highest BCUT2D eigenvalue weighted by Gasteiger charge is 2.32. The Balaban J connectivity index is 2.03. The number of aliphatic hydroxyl groups excluding tert-OH is 2. The largest absolute Gasteiger partial charge is 0.389 e. The van der Waals surface area contributed by atoms with Crippen LogP contribution in [0.1, 0.15) is 6.92 Å². The molecule has 1 aliphatic heterocycles. The van der Waals surface area contributed by atoms with Crippen molar-refractivity contribution in [2.75, 3.05) is 29.9 Å². The van der Waals surface area contributed by atoms with E-state index in [2.05, 4.69) is 25.3 Å². The highest BCUT2D eigenvalue weighted by Crippen LogP contribution is 2.26. The molecule has 0 spiro atoms. The zero-order valence-electron chi connectivity index (χ0n) is 10.5. The number of rotatable bonds is 3. The molecule has 1 aliphatic rings. The minimum Gasteiger partial charge on any atom is -0.389 e. The van der Waals surface area contributed by atoms with Gasteiger partial charge in [-0.3, -0.25) is 0 Å². The van der Waals surface area contributed by atoms with Gasteiger partial charge in [0.15, 0.2) is 11.5 Å². The number of hydrogen-bond donors (Lipinski definition) is 4. The molecular weight excluding hydrogens is 248 g/mol. The van der Waals surface area contributed by atoms with Gasteiger partial charge in [0.05, 0.1) is 18.5 Å². The first-order chi connectivity index (χ1) is 9.19. The summed E-state index contributed by atoms with van der Waals surface area (Å²) in [6.07, 6.45) is 0.0488. The topological polar surface area (TPSA) is 110 Å². The third-order valence-corrected chi connectivity index (χ3v) is 3.16. The van der Waals surface area contributed by atoms with Crippen LogP contribution in [0.3, 0.4) is 0 Å². The lowest BCUT2D eigenvalue weighted by atomic mass is 10.3. The molecule has 1 saturated heterocycles. The lowest BCUT2D eigenvalue weighted by Gasteiger charge is -2.17. The summed E-state index contributed by atoms with van der Waals surface area (Å²) in [5.41, 5.74) is 1.28. The van der Waals surface area contributed by atoms with Crippen LogP contribution in [0.15, 0.2) is 6.33 Å². The molecule has 0 aromatic carbocycles. The summed E-state index contributed by atoms with van der Waals surface area (Å²) in [5.74, 6) is 1.14. The number of nitrogens with one attached hydrogen (secondary N) is 2. The molecule has 0 bridgehead atoms. The fraction of sp³-hybridized carbons (Fsp3) is 0.545. The summed E-state index contributed by atoms with van der Waals surface area (Å²) in [7, 11) is 0. The number of hydrogen-bond acceptors (Lipinski definition) is 7. The first-order valence-corrected chi connectivity index (χ1v) is 6.25. The van der Waals surface area contributed by atoms with Crippen molar-refractivity contribution < 1.29 is 10.2 Å². The number of aromatic amines is 1. The zero-order chi connectivity index (χ0) is 13.4. The number of imidazole rings is 1. The number of nitrogens with zero attached hydrogens (tertiary/aromatic N) is 4. The van der Waals surface area contributed by atoms with Gasteiger partial charge in [0, 0.05) is 19.6 Å². The Morgan fingerprint density at radius 3 is 2.79 bits per heavy atom. The van der Waals surface area contributed by atoms with E-state index in [9.17, 15) is 10.2 Å². The molecule has 2 aromatic rings. The van der Waals surface area contributed by atoms with Gasteiger partial charge >= 0.3 is 0 Å². The van der Waals surface area contributed by atoms with Crippen LogP contribution in [0.25, 0.3) is 11.2 Å². The van der Waals surface area contributed by atoms with Crippen molar-refractivity contribution in [1.82, 2.24) is 19.9 Å². The van der Waals surface area contributed by atoms with E-state index in [4.69, 9.17) is 0 Å². The quantitative estimate of drug-likeness (QED) is 0.581. The van der Waals surface area contributed by atoms with Crippen molar-refractivity contribution in [1.29, 1.82) is 0 Å². The van der Waals surface area contributed by atoms with Gasteiger partial charge in [0.25, 0.3) is 0 Å². The highest BCUT2D eigenvalue weighted by molar-refractivity contribution is 5.84. The zero-order valence-corrected chi connectivity index (χ0v) is 10.5. The van der Waals surface area contributed by atoms with Gasteiger partial charge in [0.1, 0.15) is 5.52 Å². The number of aliphatic hydroxyl groups is 2. The second kappa shape index (κ2) is 4.63. The monoisotopic (exact) mass is 264 g/mol. The van der Waals surface area contributed by atoms with Crippen LogP contribution < -0.4 is 10.2 Å². The second-order valence-corrected chi connectivity index (χ2v) is 4.54. The van der Waals surface area contributed by atoms with Crippen LogP contribution in [0.5, 0.6) is 0 Å². The van der Waals surface area contributed by atoms with Crippen molar-refractivity contribution in [2.24, 2.45) is 0 Å². The van der Waals surface area contributed by atoms with Crippen LogP contribution in [-0.4, -0.2) is 62.0 Å². The van der Waals surface area contributed by atoms with E-state index >= 15 is 0 Å². The molecule has 3 rings (SSSR count). The average molecular weight is 264 g/mol. The summed E-state index contributed by atoms with van der Waals surface area (Å²) >= 11 is 0. The molecule has 8 nitrogen and oxygen atoms in total. The molecule has 2 aromatic heterocycles. The normalized spacial score (nSPS) is 23.2. The van der Waals surface area contributed by atoms with E-state index in [-0.39, 0.29) is 0 Å². The van der Waals surface area contributed by atoms with E-state index in [0.29, 0.717) is 42.6 Å². The Morgan fingerprint density at radius 2 is 2.11 bits per heavy atom. The molecule has 3 heterocycles. The van der Waals surface area contributed by atoms with Crippen LogP contribution >= 0.6 is 0 Å². The van der Waals surface area contributed by atoms with Crippen molar-refractivity contribution in [2.45, 2.75) is 19.1 Å². The molecule has 2 atom stereocenters. The van der Waals surface area contributed by atoms with Crippen LogP contribution in [0.4, 0.5) is 11.8 Å². The van der Waals surface area contributed by atoms with Crippen LogP contribution in [-0.2, 0) is 0 Å². The minimum absolute atomic E-state index is 0.345. The van der Waals surface area contributed by atoms with Crippen LogP contribution in [0, 0.1) is 0 Å². The smallest absolute Gasteiger partial charge is 0.226 e. The van der Waals surface area contributed by atoms with Crippen molar-refractivity contribution in [3.05, 3.63) is 6.33 Å². The first-order valence-electron chi connectivity index (χ1n) is 6.25. The molecule has 0 amide bonds. The summed E-state index contributed by atoms with van der Waals surface area (Å²) in [6, 6.07) is 0. The maximum atomic E-state index is 9.65. The Hall–Kier alpha value is -1.93. The minimum atomic E-state index is -0.754. The lowest BCUT2D eigenvalue weighted by Crippen LogP contribution is -2.23. The van der Waals surface area contributed by atoms with E-state index in [1.807, 2.05) is 11.8 Å². The Kier molecular flexibility index (Phi) is 2.96. The molecule has 102 valence electrons. The predicted molar refractivity (Wildman–Crippen MR) is 70.1 cm³/mol. The van der Waals surface area contributed by atoms with Crippen molar-refractivity contribution in [3.8, 4) is 0 Å². The third-order valence-electron chi connectivity index (χ3n) is 3.16. The van der Waals surface area contributed by atoms with Gasteiger partial charge in [0.2, 0.25) is 5.95 Å². The lowest BCUT2D eigenvalue weighted by molar-refractivity contribution is 0.0572. The van der Waals surface area contributed by atoms with Crippen molar-refractivity contribution in [3.63, 3.8) is 0 Å². The summed E-state index contributed by atoms with van der Waals surface area (Å²) in [5, 5.41) is 22.3. The molecule has 0 saturated carbocycles. The summed E-state index contributed by atoms with van der Waals surface area (Å²) in [4.78, 5) is 17.7. The maximum Gasteiger partial charge on any atom is 0.226 e. The fourth-order valence-corrected chi connectivity index (χ4v) is 2.23. The van der Waals surface area contributed by atoms with E-state index < -0.39 is 12.2 Å². The maximum absolute atomic E-state index is 9.65. The van der Waals surface area contributed by atoms with E-state index in [0.717, 1.165) is 0 Å². The SMILES string of the molecule is CCNc1nc(N2CC(O)C(O)C2)c2[nH]cnc2n1. The summed E-state index contributed by atoms with van der Waals surface area (Å²) in [6.45, 7) is 3.36. The van der Waals surface area contributed by atoms with E-state index in [1.54, 1.807) is 6.33 Å². The third kappa shape index (κ3) is 2.08. The number of β-amino-alcohol motifs (C(OH)–C–C–N with tert-alkyl or cyclic N) is 2. The molecule has 0 radical (unpaired) electrons. The second-order valence-electron chi connectivity index (χ2n) is 4.54. The van der Waals surface area contributed by atoms with Gasteiger partial charge < -0.3 is 25.4 Å². The Labute approximate surface area is 109 Å². The van der Waals surface area contributed by atoms with Crippen molar-refractivity contribution >= 4 is 22.9 Å². The first kappa shape index (κ1) is 12.1. The molecule has 0 aliphatic carbocycles. The van der Waals surface area contributed by atoms with Gasteiger partial charge in [-0.25, -0.2) is 4.98 Å². The molecule has 1 fully saturated rings. The number of anilines is 2. The average Bonchev–Trinajstić information content (AvgIpc) is 2.96. The molecule has 19 heavy (non-hydrogen) atoms. The molecule has 4 N–H and O–H groups in total. The Bertz CT molecular complexity index is 576. The molecule has 8 heteroatoms. The predicted octanol–water partition coefficient (Wildman–Crippen LogP) is -0.674. The standard InChI is InChI=1S/C11H16N6O2/c1-2-12-11-15-9-8(13-5-14-9)10(16-11)17-3-6(18)7(19)4-17/h5-7,18-19H,2-4H2,1H3,(H2,12,13,14,15,16). The van der Waals surface area contributed by atoms with Gasteiger partial charge in [-0.2, -0.15) is 9.97 Å². The number of fused-ring (bicyclic) bond motifs is 1. The molecular formula is C11H16N6O2. The fourth-order valence-electron chi connectivity index (χ4n) is 2.23. The van der Waals surface area contributed by atoms with E-state index in [1.165, 1.54) is 0 Å². The summed E-state index contributed by atoms with van der Waals surface area (Å²) < 4.78 is 0. The number of aromatic nitrogens is 4. The highest BCUT2D eigenvalue weighted by atomic mass is 16.3. The Morgan fingerprint density at radius 1 is 1.37 bits per heavy atom. The van der Waals surface area contributed by atoms with Crippen LogP contribution in [0.2, 0.25) is 0 Å². The van der Waals surface area contributed by atoms with Gasteiger partial charge in [-0.15, -0.1) is 0 Å². The number of H-pyrrole nitrogens is 1.